The molecule has 20 heavy (non-hydrogen) atoms. The molecule has 0 aliphatic heterocycles. The summed E-state index contributed by atoms with van der Waals surface area (Å²) in [4.78, 5) is 23.8. The lowest BCUT2D eigenvalue weighted by molar-refractivity contribution is -0.384. The summed E-state index contributed by atoms with van der Waals surface area (Å²) >= 11 is 0. The lowest BCUT2D eigenvalue weighted by Gasteiger charge is -2.22. The van der Waals surface area contributed by atoms with Crippen LogP contribution in [0.15, 0.2) is 18.2 Å². The molecule has 0 bridgehead atoms. The van der Waals surface area contributed by atoms with Crippen LogP contribution in [0.4, 0.5) is 17.1 Å². The summed E-state index contributed by atoms with van der Waals surface area (Å²) in [6.07, 6.45) is 0. The molecule has 0 aromatic heterocycles. The van der Waals surface area contributed by atoms with Gasteiger partial charge in [0.15, 0.2) is 0 Å². The number of benzene rings is 1. The maximum Gasteiger partial charge on any atom is 0.273 e. The van der Waals surface area contributed by atoms with Crippen molar-refractivity contribution in [1.29, 1.82) is 0 Å². The van der Waals surface area contributed by atoms with E-state index in [0.29, 0.717) is 24.5 Å². The van der Waals surface area contributed by atoms with Gasteiger partial charge in [0.2, 0.25) is 5.91 Å². The predicted octanol–water partition coefficient (Wildman–Crippen LogP) is 0.843. The van der Waals surface area contributed by atoms with Crippen molar-refractivity contribution in [1.82, 2.24) is 5.32 Å². The molecule has 0 saturated carbocycles. The number of likely N-dealkylation sites (N-methyl/N-ethyl adjacent to an activating group) is 2. The highest BCUT2D eigenvalue weighted by Gasteiger charge is 2.15. The van der Waals surface area contributed by atoms with Crippen molar-refractivity contribution in [2.75, 3.05) is 30.0 Å². The number of nitrogens with one attached hydrogen (secondary N) is 2. The Balaban J connectivity index is 3.04. The molecule has 0 unspecified atom stereocenters. The monoisotopic (exact) mass is 281 g/mol. The summed E-state index contributed by atoms with van der Waals surface area (Å²) in [6, 6.07) is 4.42. The third kappa shape index (κ3) is 4.09. The van der Waals surface area contributed by atoms with Gasteiger partial charge in [-0.15, -0.1) is 0 Å². The fourth-order valence-corrected chi connectivity index (χ4v) is 1.78. The first-order valence-corrected chi connectivity index (χ1v) is 6.29. The standard InChI is InChI=1S/C12H19N5O3/c1-3-14-12(18)8-16(4-2)10-5-9(15-13)6-11(7-10)17(19)20/h5-7,15H,3-4,8,13H2,1-2H3,(H,14,18). The van der Waals surface area contributed by atoms with E-state index in [1.54, 1.807) is 11.0 Å². The van der Waals surface area contributed by atoms with E-state index in [9.17, 15) is 14.9 Å². The minimum atomic E-state index is -0.496. The highest BCUT2D eigenvalue weighted by Crippen LogP contribution is 2.26. The predicted molar refractivity (Wildman–Crippen MR) is 77.5 cm³/mol. The molecule has 1 aromatic rings. The number of nitro groups is 1. The lowest BCUT2D eigenvalue weighted by atomic mass is 10.2. The second kappa shape index (κ2) is 7.29. The van der Waals surface area contributed by atoms with E-state index in [1.165, 1.54) is 12.1 Å². The molecule has 0 heterocycles. The number of hydrazine groups is 1. The van der Waals surface area contributed by atoms with E-state index in [2.05, 4.69) is 10.7 Å². The molecular formula is C12H19N5O3. The largest absolute Gasteiger partial charge is 0.362 e. The average Bonchev–Trinajstić information content (AvgIpc) is 2.44. The third-order valence-corrected chi connectivity index (χ3v) is 2.74. The van der Waals surface area contributed by atoms with Crippen LogP contribution in [0.2, 0.25) is 0 Å². The zero-order valence-electron chi connectivity index (χ0n) is 11.5. The molecule has 0 radical (unpaired) electrons. The Labute approximate surface area is 117 Å². The van der Waals surface area contributed by atoms with Crippen molar-refractivity contribution in [3.63, 3.8) is 0 Å². The maximum absolute atomic E-state index is 11.6. The number of nitrogens with two attached hydrogens (primary N) is 1. The molecule has 0 aliphatic rings. The Morgan fingerprint density at radius 2 is 2.10 bits per heavy atom. The molecule has 0 spiro atoms. The van der Waals surface area contributed by atoms with Crippen molar-refractivity contribution >= 4 is 23.0 Å². The van der Waals surface area contributed by atoms with E-state index < -0.39 is 4.92 Å². The first kappa shape index (κ1) is 15.7. The summed E-state index contributed by atoms with van der Waals surface area (Å²) in [5.74, 6) is 5.17. The van der Waals surface area contributed by atoms with Crippen LogP contribution in [0.3, 0.4) is 0 Å². The third-order valence-electron chi connectivity index (χ3n) is 2.74. The number of nitro benzene ring substituents is 1. The number of non-ortho nitro benzene ring substituents is 1. The number of hydrogen-bond donors (Lipinski definition) is 3. The second-order valence-electron chi connectivity index (χ2n) is 4.11. The number of anilines is 2. The van der Waals surface area contributed by atoms with Crippen molar-refractivity contribution in [3.05, 3.63) is 28.3 Å². The van der Waals surface area contributed by atoms with Crippen LogP contribution in [-0.2, 0) is 4.79 Å². The minimum Gasteiger partial charge on any atom is -0.362 e. The zero-order valence-corrected chi connectivity index (χ0v) is 11.5. The Kier molecular flexibility index (Phi) is 5.73. The first-order chi connectivity index (χ1) is 9.51. The quantitative estimate of drug-likeness (QED) is 0.388. The van der Waals surface area contributed by atoms with Crippen LogP contribution >= 0.6 is 0 Å². The minimum absolute atomic E-state index is 0.0789. The van der Waals surface area contributed by atoms with E-state index in [4.69, 9.17) is 5.84 Å². The smallest absolute Gasteiger partial charge is 0.273 e. The highest BCUT2D eigenvalue weighted by atomic mass is 16.6. The molecule has 8 nitrogen and oxygen atoms in total. The van der Waals surface area contributed by atoms with Crippen LogP contribution < -0.4 is 21.5 Å². The zero-order chi connectivity index (χ0) is 15.1. The molecule has 1 amide bonds. The van der Waals surface area contributed by atoms with Gasteiger partial charge in [0.05, 0.1) is 17.2 Å². The maximum atomic E-state index is 11.6. The van der Waals surface area contributed by atoms with Crippen molar-refractivity contribution in [2.24, 2.45) is 5.84 Å². The van der Waals surface area contributed by atoms with Gasteiger partial charge in [0.25, 0.3) is 5.69 Å². The first-order valence-electron chi connectivity index (χ1n) is 6.29. The normalized spacial score (nSPS) is 9.95. The number of nitrogens with zero attached hydrogens (tertiary/aromatic N) is 2. The van der Waals surface area contributed by atoms with Crippen LogP contribution in [0.1, 0.15) is 13.8 Å². The lowest BCUT2D eigenvalue weighted by Crippen LogP contribution is -2.37. The Morgan fingerprint density at radius 3 is 2.60 bits per heavy atom. The van der Waals surface area contributed by atoms with Crippen LogP contribution in [0.5, 0.6) is 0 Å². The molecule has 0 atom stereocenters. The van der Waals surface area contributed by atoms with Gasteiger partial charge in [0, 0.05) is 30.9 Å². The molecule has 4 N–H and O–H groups in total. The topological polar surface area (TPSA) is 114 Å². The Hall–Kier alpha value is -2.35. The fraction of sp³-hybridized carbons (Fsp3) is 0.417. The second-order valence-corrected chi connectivity index (χ2v) is 4.11. The highest BCUT2D eigenvalue weighted by molar-refractivity contribution is 5.81. The van der Waals surface area contributed by atoms with Crippen LogP contribution in [0.25, 0.3) is 0 Å². The number of nitrogen functional groups attached to an aromatic ring is 1. The van der Waals surface area contributed by atoms with Crippen molar-refractivity contribution < 1.29 is 9.72 Å². The summed E-state index contributed by atoms with van der Waals surface area (Å²) < 4.78 is 0. The SMILES string of the molecule is CCNC(=O)CN(CC)c1cc(NN)cc([N+](=O)[O-])c1. The average molecular weight is 281 g/mol. The van der Waals surface area contributed by atoms with Gasteiger partial charge >= 0.3 is 0 Å². The van der Waals surface area contributed by atoms with E-state index in [1.807, 2.05) is 13.8 Å². The van der Waals surface area contributed by atoms with Gasteiger partial charge in [-0.1, -0.05) is 0 Å². The van der Waals surface area contributed by atoms with Crippen LogP contribution in [0, 0.1) is 10.1 Å². The molecule has 0 saturated heterocycles. The molecule has 110 valence electrons. The van der Waals surface area contributed by atoms with E-state index >= 15 is 0 Å². The Morgan fingerprint density at radius 1 is 1.40 bits per heavy atom. The summed E-state index contributed by atoms with van der Waals surface area (Å²) in [5, 5.41) is 13.6. The van der Waals surface area contributed by atoms with Crippen molar-refractivity contribution in [3.8, 4) is 0 Å². The molecular weight excluding hydrogens is 262 g/mol. The number of carbonyl (C=O) groups is 1. The van der Waals surface area contributed by atoms with Crippen LogP contribution in [-0.4, -0.2) is 30.5 Å². The summed E-state index contributed by atoms with van der Waals surface area (Å²) in [7, 11) is 0. The fourth-order valence-electron chi connectivity index (χ4n) is 1.78. The number of carbonyl (C=O) groups excluding carboxylic acids is 1. The van der Waals surface area contributed by atoms with Gasteiger partial charge in [-0.2, -0.15) is 0 Å². The number of rotatable bonds is 7. The summed E-state index contributed by atoms with van der Waals surface area (Å²) in [6.45, 7) is 4.92. The van der Waals surface area contributed by atoms with Gasteiger partial charge < -0.3 is 15.6 Å². The van der Waals surface area contributed by atoms with Gasteiger partial charge in [0.1, 0.15) is 0 Å². The Bertz CT molecular complexity index is 492. The van der Waals surface area contributed by atoms with E-state index in [0.717, 1.165) is 0 Å². The molecule has 8 heteroatoms. The molecule has 0 fully saturated rings. The molecule has 0 aliphatic carbocycles. The van der Waals surface area contributed by atoms with E-state index in [-0.39, 0.29) is 18.1 Å². The number of amides is 1. The molecule has 1 aromatic carbocycles. The number of hydrogen-bond acceptors (Lipinski definition) is 6. The van der Waals surface area contributed by atoms with Crippen molar-refractivity contribution in [2.45, 2.75) is 13.8 Å². The summed E-state index contributed by atoms with van der Waals surface area (Å²) in [5.41, 5.74) is 3.30. The van der Waals surface area contributed by atoms with Gasteiger partial charge in [-0.25, -0.2) is 0 Å². The molecule has 1 rings (SSSR count). The van der Waals surface area contributed by atoms with Gasteiger partial charge in [-0.05, 0) is 19.9 Å². The van der Waals surface area contributed by atoms with Gasteiger partial charge in [-0.3, -0.25) is 20.8 Å².